The van der Waals surface area contributed by atoms with Crippen LogP contribution in [0.1, 0.15) is 11.1 Å². The highest BCUT2D eigenvalue weighted by molar-refractivity contribution is 9.09. The third-order valence-corrected chi connectivity index (χ3v) is 4.18. The van der Waals surface area contributed by atoms with E-state index in [1.807, 2.05) is 0 Å². The molecular formula is C10H12Br2O6S2. The lowest BCUT2D eigenvalue weighted by molar-refractivity contribution is 0.480. The van der Waals surface area contributed by atoms with E-state index in [1.165, 1.54) is 12.1 Å². The molecule has 0 fully saturated rings. The number of hydrogen-bond acceptors (Lipinski definition) is 6. The van der Waals surface area contributed by atoms with Gasteiger partial charge in [0, 0.05) is 21.8 Å². The summed E-state index contributed by atoms with van der Waals surface area (Å²) in [7, 11) is -7.36. The fourth-order valence-electron chi connectivity index (χ4n) is 1.43. The molecule has 0 aliphatic rings. The molecule has 1 aromatic rings. The summed E-state index contributed by atoms with van der Waals surface area (Å²) >= 11 is 6.44. The van der Waals surface area contributed by atoms with Crippen LogP contribution in [0.2, 0.25) is 0 Å². The zero-order valence-corrected chi connectivity index (χ0v) is 15.4. The smallest absolute Gasteiger partial charge is 0.306 e. The van der Waals surface area contributed by atoms with Crippen LogP contribution in [0.3, 0.4) is 0 Å². The van der Waals surface area contributed by atoms with E-state index in [-0.39, 0.29) is 22.2 Å². The molecule has 114 valence electrons. The minimum absolute atomic E-state index is 0.125. The van der Waals surface area contributed by atoms with Crippen molar-refractivity contribution in [3.63, 3.8) is 0 Å². The van der Waals surface area contributed by atoms with Gasteiger partial charge < -0.3 is 8.37 Å². The predicted octanol–water partition coefficient (Wildman–Crippen LogP) is 2.15. The summed E-state index contributed by atoms with van der Waals surface area (Å²) in [5, 5.41) is 0.555. The van der Waals surface area contributed by atoms with E-state index in [1.54, 1.807) is 0 Å². The molecule has 1 rings (SSSR count). The monoisotopic (exact) mass is 450 g/mol. The minimum atomic E-state index is -3.68. The zero-order chi connectivity index (χ0) is 15.6. The van der Waals surface area contributed by atoms with E-state index in [4.69, 9.17) is 8.37 Å². The maximum atomic E-state index is 11.2. The topological polar surface area (TPSA) is 86.7 Å². The first kappa shape index (κ1) is 17.7. The van der Waals surface area contributed by atoms with Crippen LogP contribution in [-0.2, 0) is 30.9 Å². The molecule has 10 heteroatoms. The largest absolute Gasteiger partial charge is 0.382 e. The van der Waals surface area contributed by atoms with E-state index in [2.05, 4.69) is 31.9 Å². The lowest BCUT2D eigenvalue weighted by Gasteiger charge is -2.15. The van der Waals surface area contributed by atoms with Crippen LogP contribution in [0.15, 0.2) is 12.1 Å². The normalized spacial score (nSPS) is 12.2. The van der Waals surface area contributed by atoms with Crippen LogP contribution in [0.25, 0.3) is 0 Å². The summed E-state index contributed by atoms with van der Waals surface area (Å²) in [6.45, 7) is 0. The van der Waals surface area contributed by atoms with Crippen LogP contribution in [0, 0.1) is 0 Å². The second-order valence-electron chi connectivity index (χ2n) is 3.86. The molecule has 6 nitrogen and oxygen atoms in total. The second-order valence-corrected chi connectivity index (χ2v) is 8.13. The molecule has 0 saturated carbocycles. The van der Waals surface area contributed by atoms with Gasteiger partial charge in [-0.25, -0.2) is 0 Å². The van der Waals surface area contributed by atoms with Crippen molar-refractivity contribution in [2.45, 2.75) is 10.7 Å². The molecule has 0 radical (unpaired) electrons. The second kappa shape index (κ2) is 6.63. The quantitative estimate of drug-likeness (QED) is 0.486. The molecule has 0 unspecified atom stereocenters. The summed E-state index contributed by atoms with van der Waals surface area (Å²) in [5.74, 6) is 0.249. The number of hydrogen-bond donors (Lipinski definition) is 0. The van der Waals surface area contributed by atoms with Crippen molar-refractivity contribution >= 4 is 52.1 Å². The maximum absolute atomic E-state index is 11.2. The molecule has 0 aromatic heterocycles. The lowest BCUT2D eigenvalue weighted by atomic mass is 10.1. The Balaban J connectivity index is 3.40. The van der Waals surface area contributed by atoms with Crippen molar-refractivity contribution < 1.29 is 25.2 Å². The fraction of sp³-hybridized carbons (Fsp3) is 0.400. The third-order valence-electron chi connectivity index (χ3n) is 2.09. The molecule has 0 amide bonds. The summed E-state index contributed by atoms with van der Waals surface area (Å²) < 4.78 is 54.6. The van der Waals surface area contributed by atoms with Crippen molar-refractivity contribution in [2.24, 2.45) is 0 Å². The molecule has 0 N–H and O–H groups in total. The number of halogens is 2. The number of rotatable bonds is 6. The van der Waals surface area contributed by atoms with E-state index >= 15 is 0 Å². The van der Waals surface area contributed by atoms with E-state index in [0.29, 0.717) is 11.1 Å². The van der Waals surface area contributed by atoms with Gasteiger partial charge in [0.25, 0.3) is 0 Å². The molecule has 0 atom stereocenters. The Labute approximate surface area is 135 Å². The Kier molecular flexibility index (Phi) is 5.88. The van der Waals surface area contributed by atoms with Crippen molar-refractivity contribution in [1.29, 1.82) is 0 Å². The Hall–Kier alpha value is -0.320. The summed E-state index contributed by atoms with van der Waals surface area (Å²) in [5.41, 5.74) is 0.988. The average Bonchev–Trinajstić information content (AvgIpc) is 2.26. The first-order valence-electron chi connectivity index (χ1n) is 5.13. The Morgan fingerprint density at radius 1 is 0.850 bits per heavy atom. The lowest BCUT2D eigenvalue weighted by Crippen LogP contribution is -2.11. The van der Waals surface area contributed by atoms with Crippen LogP contribution in [-0.4, -0.2) is 29.3 Å². The molecule has 0 saturated heterocycles. The Bertz CT molecular complexity index is 636. The zero-order valence-electron chi connectivity index (χ0n) is 10.6. The van der Waals surface area contributed by atoms with Crippen LogP contribution in [0.4, 0.5) is 0 Å². The van der Waals surface area contributed by atoms with Crippen LogP contribution in [0.5, 0.6) is 11.5 Å². The predicted molar refractivity (Wildman–Crippen MR) is 82.6 cm³/mol. The van der Waals surface area contributed by atoms with E-state index < -0.39 is 20.2 Å². The summed E-state index contributed by atoms with van der Waals surface area (Å²) in [4.78, 5) is 0. The van der Waals surface area contributed by atoms with Gasteiger partial charge in [-0.05, 0) is 12.1 Å². The van der Waals surface area contributed by atoms with Gasteiger partial charge in [0.05, 0.1) is 12.5 Å². The SMILES string of the molecule is CS(=O)(=O)Oc1ccc(OS(C)(=O)=O)c(CBr)c1CBr. The molecule has 0 bridgehead atoms. The molecule has 1 aromatic carbocycles. The summed E-state index contributed by atoms with van der Waals surface area (Å²) in [6, 6.07) is 2.70. The number of benzene rings is 1. The van der Waals surface area contributed by atoms with Gasteiger partial charge >= 0.3 is 20.2 Å². The molecular weight excluding hydrogens is 440 g/mol. The third kappa shape index (κ3) is 5.23. The first-order chi connectivity index (χ1) is 9.07. The Morgan fingerprint density at radius 2 is 1.15 bits per heavy atom. The highest BCUT2D eigenvalue weighted by atomic mass is 79.9. The molecule has 0 heterocycles. The van der Waals surface area contributed by atoms with Crippen LogP contribution < -0.4 is 8.37 Å². The van der Waals surface area contributed by atoms with Crippen molar-refractivity contribution in [2.75, 3.05) is 12.5 Å². The van der Waals surface area contributed by atoms with Gasteiger partial charge in [-0.1, -0.05) is 31.9 Å². The summed E-state index contributed by atoms with van der Waals surface area (Å²) in [6.07, 6.45) is 1.86. The van der Waals surface area contributed by atoms with Gasteiger partial charge in [-0.3, -0.25) is 0 Å². The van der Waals surface area contributed by atoms with Crippen LogP contribution >= 0.6 is 31.9 Å². The molecule has 0 spiro atoms. The van der Waals surface area contributed by atoms with Gasteiger partial charge in [-0.2, -0.15) is 16.8 Å². The van der Waals surface area contributed by atoms with Gasteiger partial charge in [0.2, 0.25) is 0 Å². The Morgan fingerprint density at radius 3 is 1.35 bits per heavy atom. The van der Waals surface area contributed by atoms with Crippen molar-refractivity contribution in [3.8, 4) is 11.5 Å². The molecule has 0 aliphatic heterocycles. The van der Waals surface area contributed by atoms with Gasteiger partial charge in [-0.15, -0.1) is 0 Å². The minimum Gasteiger partial charge on any atom is -0.382 e. The number of alkyl halides is 2. The maximum Gasteiger partial charge on any atom is 0.306 e. The van der Waals surface area contributed by atoms with E-state index in [9.17, 15) is 16.8 Å². The average molecular weight is 452 g/mol. The van der Waals surface area contributed by atoms with Crippen molar-refractivity contribution in [3.05, 3.63) is 23.3 Å². The van der Waals surface area contributed by atoms with Crippen molar-refractivity contribution in [1.82, 2.24) is 0 Å². The molecule has 20 heavy (non-hydrogen) atoms. The highest BCUT2D eigenvalue weighted by Gasteiger charge is 2.19. The standard InChI is InChI=1S/C10H12Br2O6S2/c1-19(13,14)17-9-3-4-10(18-20(2,15)16)8(6-12)7(9)5-11/h3-4H,5-6H2,1-2H3. The fourth-order valence-corrected chi connectivity index (χ4v) is 3.62. The van der Waals surface area contributed by atoms with E-state index in [0.717, 1.165) is 12.5 Å². The van der Waals surface area contributed by atoms with Gasteiger partial charge in [0.1, 0.15) is 11.5 Å². The van der Waals surface area contributed by atoms with Gasteiger partial charge in [0.15, 0.2) is 0 Å². The highest BCUT2D eigenvalue weighted by Crippen LogP contribution is 2.35. The first-order valence-corrected chi connectivity index (χ1v) is 11.0. The molecule has 0 aliphatic carbocycles.